The van der Waals surface area contributed by atoms with Gasteiger partial charge >= 0.3 is 0 Å². The second-order valence-electron chi connectivity index (χ2n) is 4.71. The Morgan fingerprint density at radius 2 is 1.75 bits per heavy atom. The van der Waals surface area contributed by atoms with Crippen molar-refractivity contribution >= 4 is 0 Å². The monoisotopic (exact) mass is 221 g/mol. The first-order valence-electron chi connectivity index (χ1n) is 5.98. The average molecular weight is 221 g/mol. The van der Waals surface area contributed by atoms with Crippen molar-refractivity contribution in [1.29, 1.82) is 0 Å². The first-order valence-corrected chi connectivity index (χ1v) is 5.98. The highest BCUT2D eigenvalue weighted by Crippen LogP contribution is 2.26. The van der Waals surface area contributed by atoms with Crippen molar-refractivity contribution < 1.29 is 5.11 Å². The maximum absolute atomic E-state index is 10.2. The van der Waals surface area contributed by atoms with Gasteiger partial charge in [0.25, 0.3) is 0 Å². The molecule has 16 heavy (non-hydrogen) atoms. The fourth-order valence-corrected chi connectivity index (χ4v) is 2.12. The second kappa shape index (κ2) is 5.46. The Bertz CT molecular complexity index is 328. The fraction of sp³-hybridized carbons (Fsp3) is 0.571. The molecule has 2 nitrogen and oxygen atoms in total. The molecule has 1 aromatic carbocycles. The molecular formula is C14H23NO. The van der Waals surface area contributed by atoms with Gasteiger partial charge in [-0.25, -0.2) is 0 Å². The molecule has 90 valence electrons. The van der Waals surface area contributed by atoms with E-state index >= 15 is 0 Å². The minimum atomic E-state index is -0.468. The third-order valence-corrected chi connectivity index (χ3v) is 3.47. The molecular weight excluding hydrogens is 198 g/mol. The number of aliphatic hydroxyl groups excluding tert-OH is 1. The van der Waals surface area contributed by atoms with Crippen molar-refractivity contribution in [3.05, 3.63) is 34.9 Å². The van der Waals surface area contributed by atoms with Gasteiger partial charge in [0.05, 0.1) is 12.1 Å². The van der Waals surface area contributed by atoms with Crippen LogP contribution in [-0.4, -0.2) is 11.2 Å². The van der Waals surface area contributed by atoms with Crippen LogP contribution in [-0.2, 0) is 0 Å². The largest absolute Gasteiger partial charge is 0.391 e. The van der Waals surface area contributed by atoms with E-state index in [0.717, 1.165) is 23.1 Å². The molecule has 0 fully saturated rings. The maximum atomic E-state index is 10.2. The first kappa shape index (κ1) is 13.2. The Balaban J connectivity index is 3.00. The normalized spacial score (nSPS) is 16.9. The second-order valence-corrected chi connectivity index (χ2v) is 4.71. The zero-order valence-corrected chi connectivity index (χ0v) is 10.7. The van der Waals surface area contributed by atoms with Crippen molar-refractivity contribution in [2.75, 3.05) is 0 Å². The van der Waals surface area contributed by atoms with Crippen LogP contribution in [0, 0.1) is 19.8 Å². The van der Waals surface area contributed by atoms with Gasteiger partial charge in [-0.15, -0.1) is 0 Å². The number of hydrogen-bond donors (Lipinski definition) is 2. The van der Waals surface area contributed by atoms with Crippen LogP contribution < -0.4 is 5.73 Å². The van der Waals surface area contributed by atoms with Gasteiger partial charge in [0.2, 0.25) is 0 Å². The summed E-state index contributed by atoms with van der Waals surface area (Å²) in [6.07, 6.45) is 0.476. The molecule has 1 unspecified atom stereocenters. The van der Waals surface area contributed by atoms with Gasteiger partial charge in [-0.1, -0.05) is 38.5 Å². The molecule has 0 spiro atoms. The number of aryl methyl sites for hydroxylation is 2. The molecule has 0 radical (unpaired) electrons. The van der Waals surface area contributed by atoms with Crippen molar-refractivity contribution in [2.45, 2.75) is 46.3 Å². The number of hydrogen-bond acceptors (Lipinski definition) is 2. The summed E-state index contributed by atoms with van der Waals surface area (Å²) in [4.78, 5) is 0. The lowest BCUT2D eigenvalue weighted by atomic mass is 9.87. The van der Waals surface area contributed by atoms with E-state index in [1.807, 2.05) is 39.0 Å². The van der Waals surface area contributed by atoms with Gasteiger partial charge in [0.15, 0.2) is 0 Å². The zero-order valence-electron chi connectivity index (χ0n) is 10.7. The van der Waals surface area contributed by atoms with E-state index < -0.39 is 6.10 Å². The van der Waals surface area contributed by atoms with Crippen LogP contribution in [0.3, 0.4) is 0 Å². The molecule has 1 rings (SSSR count). The molecule has 0 aromatic heterocycles. The van der Waals surface area contributed by atoms with E-state index in [-0.39, 0.29) is 12.0 Å². The minimum absolute atomic E-state index is 0.231. The summed E-state index contributed by atoms with van der Waals surface area (Å²) in [5, 5.41) is 10.2. The molecule has 3 N–H and O–H groups in total. The topological polar surface area (TPSA) is 46.2 Å². The van der Waals surface area contributed by atoms with Crippen LogP contribution in [0.4, 0.5) is 0 Å². The summed E-state index contributed by atoms with van der Waals surface area (Å²) in [7, 11) is 0. The van der Waals surface area contributed by atoms with Crippen LogP contribution in [0.15, 0.2) is 18.2 Å². The van der Waals surface area contributed by atoms with Crippen LogP contribution in [0.2, 0.25) is 0 Å². The summed E-state index contributed by atoms with van der Waals surface area (Å²) in [5.41, 5.74) is 9.58. The van der Waals surface area contributed by atoms with Crippen LogP contribution >= 0.6 is 0 Å². The van der Waals surface area contributed by atoms with Gasteiger partial charge in [-0.3, -0.25) is 0 Å². The lowest BCUT2D eigenvalue weighted by molar-refractivity contribution is 0.0876. The highest BCUT2D eigenvalue weighted by molar-refractivity contribution is 5.36. The standard InChI is InChI=1S/C14H23NO/c1-5-9(2)14(16)13(15)12-10(3)7-6-8-11(12)4/h6-9,13-14,16H,5,15H2,1-4H3/t9?,13-,14+/m0/s1. The lowest BCUT2D eigenvalue weighted by Gasteiger charge is -2.26. The van der Waals surface area contributed by atoms with E-state index in [1.54, 1.807) is 0 Å². The summed E-state index contributed by atoms with van der Waals surface area (Å²) < 4.78 is 0. The van der Waals surface area contributed by atoms with Gasteiger partial charge in [0, 0.05) is 0 Å². The molecule has 1 aromatic rings. The third-order valence-electron chi connectivity index (χ3n) is 3.47. The molecule has 0 heterocycles. The average Bonchev–Trinajstić information content (AvgIpc) is 2.26. The Hall–Kier alpha value is -0.860. The highest BCUT2D eigenvalue weighted by Gasteiger charge is 2.24. The molecule has 2 heteroatoms. The van der Waals surface area contributed by atoms with Crippen LogP contribution in [0.25, 0.3) is 0 Å². The summed E-state index contributed by atoms with van der Waals surface area (Å²) in [6, 6.07) is 5.84. The minimum Gasteiger partial charge on any atom is -0.391 e. The third kappa shape index (κ3) is 2.63. The number of aliphatic hydroxyl groups is 1. The zero-order chi connectivity index (χ0) is 12.3. The maximum Gasteiger partial charge on any atom is 0.0758 e. The van der Waals surface area contributed by atoms with Gasteiger partial charge < -0.3 is 10.8 Å². The Labute approximate surface area is 98.5 Å². The number of nitrogens with two attached hydrogens (primary N) is 1. The predicted molar refractivity (Wildman–Crippen MR) is 68.3 cm³/mol. The summed E-state index contributed by atoms with van der Waals surface area (Å²) in [5.74, 6) is 0.231. The lowest BCUT2D eigenvalue weighted by Crippen LogP contribution is -2.32. The summed E-state index contributed by atoms with van der Waals surface area (Å²) >= 11 is 0. The molecule has 0 saturated carbocycles. The van der Waals surface area contributed by atoms with E-state index in [2.05, 4.69) is 6.92 Å². The van der Waals surface area contributed by atoms with Gasteiger partial charge in [-0.05, 0) is 36.5 Å². The quantitative estimate of drug-likeness (QED) is 0.821. The van der Waals surface area contributed by atoms with Crippen LogP contribution in [0.1, 0.15) is 43.0 Å². The Morgan fingerprint density at radius 3 is 2.19 bits per heavy atom. The Morgan fingerprint density at radius 1 is 1.25 bits per heavy atom. The predicted octanol–water partition coefficient (Wildman–Crippen LogP) is 2.71. The molecule has 0 saturated heterocycles. The van der Waals surface area contributed by atoms with Crippen molar-refractivity contribution in [2.24, 2.45) is 11.7 Å². The van der Waals surface area contributed by atoms with E-state index in [4.69, 9.17) is 5.73 Å². The molecule has 3 atom stereocenters. The molecule has 0 bridgehead atoms. The van der Waals surface area contributed by atoms with Gasteiger partial charge in [0.1, 0.15) is 0 Å². The van der Waals surface area contributed by atoms with E-state index in [0.29, 0.717) is 0 Å². The molecule has 0 aliphatic heterocycles. The fourth-order valence-electron chi connectivity index (χ4n) is 2.12. The molecule has 0 amide bonds. The Kier molecular flexibility index (Phi) is 4.51. The van der Waals surface area contributed by atoms with Crippen molar-refractivity contribution in [3.63, 3.8) is 0 Å². The van der Waals surface area contributed by atoms with E-state index in [9.17, 15) is 5.11 Å². The van der Waals surface area contributed by atoms with E-state index in [1.165, 1.54) is 0 Å². The number of benzene rings is 1. The first-order chi connectivity index (χ1) is 7.49. The summed E-state index contributed by atoms with van der Waals surface area (Å²) in [6.45, 7) is 8.21. The smallest absolute Gasteiger partial charge is 0.0758 e. The van der Waals surface area contributed by atoms with Crippen molar-refractivity contribution in [3.8, 4) is 0 Å². The highest BCUT2D eigenvalue weighted by atomic mass is 16.3. The number of rotatable bonds is 4. The van der Waals surface area contributed by atoms with Crippen molar-refractivity contribution in [1.82, 2.24) is 0 Å². The van der Waals surface area contributed by atoms with Gasteiger partial charge in [-0.2, -0.15) is 0 Å². The molecule has 0 aliphatic rings. The van der Waals surface area contributed by atoms with Crippen LogP contribution in [0.5, 0.6) is 0 Å². The molecule has 0 aliphatic carbocycles. The SMILES string of the molecule is CCC(C)[C@@H](O)[C@@H](N)c1c(C)cccc1C.